The molecule has 0 bridgehead atoms. The van der Waals surface area contributed by atoms with Gasteiger partial charge in [-0.1, -0.05) is 57.5 Å². The molecule has 0 saturated heterocycles. The molecule has 1 rings (SSSR count). The van der Waals surface area contributed by atoms with Crippen LogP contribution in [0.3, 0.4) is 0 Å². The molecule has 0 saturated carbocycles. The van der Waals surface area contributed by atoms with Gasteiger partial charge in [0.25, 0.3) is 0 Å². The lowest BCUT2D eigenvalue weighted by molar-refractivity contribution is 0.0787. The van der Waals surface area contributed by atoms with Crippen molar-refractivity contribution in [3.63, 3.8) is 0 Å². The zero-order valence-corrected chi connectivity index (χ0v) is 9.27. The number of rotatable bonds is 4. The maximum absolute atomic E-state index is 10.2. The second-order valence-electron chi connectivity index (χ2n) is 4.17. The average molecular weight is 192 g/mol. The van der Waals surface area contributed by atoms with Gasteiger partial charge in [0.1, 0.15) is 0 Å². The summed E-state index contributed by atoms with van der Waals surface area (Å²) in [5, 5.41) is 10.2. The summed E-state index contributed by atoms with van der Waals surface area (Å²) >= 11 is 0. The van der Waals surface area contributed by atoms with E-state index in [1.165, 1.54) is 0 Å². The molecule has 2 atom stereocenters. The Balaban J connectivity index is 2.78. The third kappa shape index (κ3) is 2.58. The van der Waals surface area contributed by atoms with Crippen molar-refractivity contribution >= 4 is 0 Å². The minimum atomic E-state index is -0.318. The predicted octanol–water partition coefficient (Wildman–Crippen LogP) is 3.40. The fourth-order valence-electron chi connectivity index (χ4n) is 1.96. The van der Waals surface area contributed by atoms with Crippen LogP contribution in [0.15, 0.2) is 30.3 Å². The maximum atomic E-state index is 10.2. The minimum Gasteiger partial charge on any atom is -0.388 e. The molecule has 0 spiro atoms. The Morgan fingerprint density at radius 2 is 1.71 bits per heavy atom. The highest BCUT2D eigenvalue weighted by Gasteiger charge is 2.21. The molecule has 0 radical (unpaired) electrons. The molecule has 14 heavy (non-hydrogen) atoms. The largest absolute Gasteiger partial charge is 0.388 e. The Bertz CT molecular complexity index is 253. The molecular weight excluding hydrogens is 172 g/mol. The van der Waals surface area contributed by atoms with Crippen molar-refractivity contribution in [2.75, 3.05) is 0 Å². The molecule has 1 heteroatoms. The minimum absolute atomic E-state index is 0.318. The van der Waals surface area contributed by atoms with Crippen LogP contribution in [0.4, 0.5) is 0 Å². The van der Waals surface area contributed by atoms with Crippen LogP contribution in [-0.4, -0.2) is 5.11 Å². The van der Waals surface area contributed by atoms with E-state index < -0.39 is 0 Å². The lowest BCUT2D eigenvalue weighted by atomic mass is 9.85. The van der Waals surface area contributed by atoms with Gasteiger partial charge < -0.3 is 5.11 Å². The second kappa shape index (κ2) is 5.16. The quantitative estimate of drug-likeness (QED) is 0.775. The number of hydrogen-bond donors (Lipinski definition) is 1. The molecule has 2 unspecified atom stereocenters. The van der Waals surface area contributed by atoms with Crippen LogP contribution < -0.4 is 0 Å². The Morgan fingerprint density at radius 3 is 2.14 bits per heavy atom. The second-order valence-corrected chi connectivity index (χ2v) is 4.17. The third-order valence-corrected chi connectivity index (χ3v) is 2.87. The van der Waals surface area contributed by atoms with E-state index in [1.54, 1.807) is 0 Å². The number of aliphatic hydroxyl groups is 1. The highest BCUT2D eigenvalue weighted by Crippen LogP contribution is 2.30. The van der Waals surface area contributed by atoms with Crippen LogP contribution in [0.5, 0.6) is 0 Å². The van der Waals surface area contributed by atoms with Crippen LogP contribution in [0.2, 0.25) is 0 Å². The first-order valence-corrected chi connectivity index (χ1v) is 5.39. The maximum Gasteiger partial charge on any atom is 0.0820 e. The molecule has 1 aromatic carbocycles. The van der Waals surface area contributed by atoms with Gasteiger partial charge in [-0.15, -0.1) is 0 Å². The number of aliphatic hydroxyl groups excluding tert-OH is 1. The van der Waals surface area contributed by atoms with Gasteiger partial charge in [-0.05, 0) is 17.4 Å². The van der Waals surface area contributed by atoms with Gasteiger partial charge >= 0.3 is 0 Å². The fourth-order valence-corrected chi connectivity index (χ4v) is 1.96. The fraction of sp³-hybridized carbons (Fsp3) is 0.538. The Labute approximate surface area is 86.8 Å². The van der Waals surface area contributed by atoms with Gasteiger partial charge in [-0.2, -0.15) is 0 Å². The summed E-state index contributed by atoms with van der Waals surface area (Å²) in [6.07, 6.45) is 0.703. The first kappa shape index (κ1) is 11.3. The summed E-state index contributed by atoms with van der Waals surface area (Å²) in [5.74, 6) is 0.882. The van der Waals surface area contributed by atoms with Crippen LogP contribution in [0, 0.1) is 11.8 Å². The van der Waals surface area contributed by atoms with E-state index in [4.69, 9.17) is 0 Å². The first-order valence-electron chi connectivity index (χ1n) is 5.39. The van der Waals surface area contributed by atoms with Crippen molar-refractivity contribution in [1.29, 1.82) is 0 Å². The van der Waals surface area contributed by atoms with E-state index in [9.17, 15) is 5.11 Å². The number of benzene rings is 1. The standard InChI is InChI=1S/C13H20O/c1-4-12(10(2)3)13(14)11-8-6-5-7-9-11/h5-10,12-14H,4H2,1-3H3. The van der Waals surface area contributed by atoms with Gasteiger partial charge in [0.05, 0.1) is 6.10 Å². The Kier molecular flexibility index (Phi) is 4.15. The molecular formula is C13H20O. The molecule has 0 aliphatic heterocycles. The van der Waals surface area contributed by atoms with Gasteiger partial charge in [0.2, 0.25) is 0 Å². The van der Waals surface area contributed by atoms with E-state index in [1.807, 2.05) is 30.3 Å². The lowest BCUT2D eigenvalue weighted by Crippen LogP contribution is -2.17. The molecule has 0 fully saturated rings. The summed E-state index contributed by atoms with van der Waals surface area (Å²) in [6, 6.07) is 9.93. The zero-order valence-electron chi connectivity index (χ0n) is 9.27. The molecule has 0 amide bonds. The van der Waals surface area contributed by atoms with Crippen molar-refractivity contribution in [1.82, 2.24) is 0 Å². The topological polar surface area (TPSA) is 20.2 Å². The van der Waals surface area contributed by atoms with E-state index >= 15 is 0 Å². The summed E-state index contributed by atoms with van der Waals surface area (Å²) in [4.78, 5) is 0. The molecule has 1 nitrogen and oxygen atoms in total. The van der Waals surface area contributed by atoms with Gasteiger partial charge in [0, 0.05) is 0 Å². The Morgan fingerprint density at radius 1 is 1.14 bits per heavy atom. The van der Waals surface area contributed by atoms with Crippen LogP contribution in [-0.2, 0) is 0 Å². The molecule has 0 aliphatic rings. The lowest BCUT2D eigenvalue weighted by Gasteiger charge is -2.25. The Hall–Kier alpha value is -0.820. The summed E-state index contributed by atoms with van der Waals surface area (Å²) in [6.45, 7) is 6.47. The molecule has 0 aliphatic carbocycles. The summed E-state index contributed by atoms with van der Waals surface area (Å²) < 4.78 is 0. The van der Waals surface area contributed by atoms with Gasteiger partial charge in [0.15, 0.2) is 0 Å². The molecule has 1 aromatic rings. The van der Waals surface area contributed by atoms with Crippen molar-refractivity contribution in [3.8, 4) is 0 Å². The number of hydrogen-bond acceptors (Lipinski definition) is 1. The highest BCUT2D eigenvalue weighted by atomic mass is 16.3. The van der Waals surface area contributed by atoms with Crippen molar-refractivity contribution in [3.05, 3.63) is 35.9 Å². The molecule has 78 valence electrons. The van der Waals surface area contributed by atoms with Crippen molar-refractivity contribution in [2.24, 2.45) is 11.8 Å². The normalized spacial score (nSPS) is 15.5. The SMILES string of the molecule is CCC(C(C)C)C(O)c1ccccc1. The third-order valence-electron chi connectivity index (χ3n) is 2.87. The molecule has 0 aromatic heterocycles. The van der Waals surface area contributed by atoms with E-state index in [2.05, 4.69) is 20.8 Å². The van der Waals surface area contributed by atoms with Gasteiger partial charge in [-0.3, -0.25) is 0 Å². The van der Waals surface area contributed by atoms with Gasteiger partial charge in [-0.25, -0.2) is 0 Å². The first-order chi connectivity index (χ1) is 6.66. The monoisotopic (exact) mass is 192 g/mol. The molecule has 1 N–H and O–H groups in total. The van der Waals surface area contributed by atoms with Crippen molar-refractivity contribution < 1.29 is 5.11 Å². The highest BCUT2D eigenvalue weighted by molar-refractivity contribution is 5.18. The summed E-state index contributed by atoms with van der Waals surface area (Å²) in [7, 11) is 0. The van der Waals surface area contributed by atoms with Crippen LogP contribution in [0.25, 0.3) is 0 Å². The average Bonchev–Trinajstić information content (AvgIpc) is 2.19. The van der Waals surface area contributed by atoms with Crippen LogP contribution >= 0.6 is 0 Å². The van der Waals surface area contributed by atoms with E-state index in [0.29, 0.717) is 11.8 Å². The summed E-state index contributed by atoms with van der Waals surface area (Å²) in [5.41, 5.74) is 1.04. The van der Waals surface area contributed by atoms with E-state index in [0.717, 1.165) is 12.0 Å². The smallest absolute Gasteiger partial charge is 0.0820 e. The van der Waals surface area contributed by atoms with Crippen molar-refractivity contribution in [2.45, 2.75) is 33.3 Å². The van der Waals surface area contributed by atoms with Crippen LogP contribution in [0.1, 0.15) is 38.9 Å². The zero-order chi connectivity index (χ0) is 10.6. The van der Waals surface area contributed by atoms with E-state index in [-0.39, 0.29) is 6.10 Å². The predicted molar refractivity (Wildman–Crippen MR) is 60.0 cm³/mol. The molecule has 0 heterocycles.